The molecule has 0 radical (unpaired) electrons. The van der Waals surface area contributed by atoms with Crippen molar-refractivity contribution in [3.8, 4) is 33.7 Å². The number of hydrogen-bond donors (Lipinski definition) is 0. The van der Waals surface area contributed by atoms with Crippen molar-refractivity contribution in [3.05, 3.63) is 140 Å². The van der Waals surface area contributed by atoms with Gasteiger partial charge < -0.3 is 4.42 Å². The maximum Gasteiger partial charge on any atom is 0.227 e. The van der Waals surface area contributed by atoms with Crippen molar-refractivity contribution in [2.45, 2.75) is 0 Å². The molecule has 8 aromatic carbocycles. The van der Waals surface area contributed by atoms with Gasteiger partial charge in [0.25, 0.3) is 0 Å². The van der Waals surface area contributed by atoms with Crippen LogP contribution in [0.1, 0.15) is 0 Å². The summed E-state index contributed by atoms with van der Waals surface area (Å²) >= 11 is 0. The molecule has 0 spiro atoms. The number of nitrogens with zero attached hydrogens (tertiary/aromatic N) is 1. The lowest BCUT2D eigenvalue weighted by Gasteiger charge is -2.16. The van der Waals surface area contributed by atoms with Crippen LogP contribution in [-0.2, 0) is 0 Å². The molecule has 0 bridgehead atoms. The van der Waals surface area contributed by atoms with Gasteiger partial charge in [-0.1, -0.05) is 115 Å². The largest absolute Gasteiger partial charge is 0.436 e. The van der Waals surface area contributed by atoms with Crippen LogP contribution in [0, 0.1) is 0 Å². The van der Waals surface area contributed by atoms with Gasteiger partial charge in [0.2, 0.25) is 5.89 Å². The first kappa shape index (κ1) is 22.4. The number of fused-ring (bicyclic) bond motifs is 2. The smallest absolute Gasteiger partial charge is 0.227 e. The van der Waals surface area contributed by atoms with E-state index in [-0.39, 0.29) is 0 Å². The molecule has 0 aliphatic rings. The summed E-state index contributed by atoms with van der Waals surface area (Å²) in [5, 5.41) is 9.94. The molecule has 2 nitrogen and oxygen atoms in total. The molecule has 0 saturated carbocycles. The zero-order valence-corrected chi connectivity index (χ0v) is 22.1. The number of oxazole rings is 1. The Labute approximate surface area is 236 Å². The van der Waals surface area contributed by atoms with Crippen molar-refractivity contribution < 1.29 is 4.42 Å². The number of aromatic nitrogens is 1. The molecular weight excluding hydrogens is 498 g/mol. The molecular formula is C39H23NO. The van der Waals surface area contributed by atoms with Crippen molar-refractivity contribution in [1.29, 1.82) is 0 Å². The van der Waals surface area contributed by atoms with Crippen molar-refractivity contribution in [3.63, 3.8) is 0 Å². The Bertz CT molecular complexity index is 2420. The van der Waals surface area contributed by atoms with Crippen molar-refractivity contribution in [2.24, 2.45) is 0 Å². The maximum atomic E-state index is 6.36. The normalized spacial score (nSPS) is 11.9. The summed E-state index contributed by atoms with van der Waals surface area (Å²) in [6, 6.07) is 49.8. The molecule has 190 valence electrons. The van der Waals surface area contributed by atoms with Gasteiger partial charge in [0.15, 0.2) is 5.58 Å². The van der Waals surface area contributed by atoms with Gasteiger partial charge in [-0.25, -0.2) is 4.98 Å². The van der Waals surface area contributed by atoms with E-state index >= 15 is 0 Å². The summed E-state index contributed by atoms with van der Waals surface area (Å²) < 4.78 is 6.36. The Morgan fingerprint density at radius 1 is 0.415 bits per heavy atom. The fourth-order valence-electron chi connectivity index (χ4n) is 6.45. The van der Waals surface area contributed by atoms with Crippen LogP contribution in [-0.4, -0.2) is 4.98 Å². The zero-order chi connectivity index (χ0) is 26.9. The predicted molar refractivity (Wildman–Crippen MR) is 172 cm³/mol. The third-order valence-electron chi connectivity index (χ3n) is 8.45. The van der Waals surface area contributed by atoms with Crippen LogP contribution < -0.4 is 0 Å². The van der Waals surface area contributed by atoms with E-state index in [0.29, 0.717) is 5.89 Å². The molecule has 0 fully saturated rings. The zero-order valence-electron chi connectivity index (χ0n) is 22.1. The van der Waals surface area contributed by atoms with Gasteiger partial charge in [-0.2, -0.15) is 0 Å². The second-order valence-corrected chi connectivity index (χ2v) is 10.8. The summed E-state index contributed by atoms with van der Waals surface area (Å²) in [5.74, 6) is 0.651. The minimum absolute atomic E-state index is 0.651. The summed E-state index contributed by atoms with van der Waals surface area (Å²) in [7, 11) is 0. The summed E-state index contributed by atoms with van der Waals surface area (Å²) in [4.78, 5) is 4.98. The number of rotatable bonds is 3. The molecule has 1 aromatic heterocycles. The van der Waals surface area contributed by atoms with E-state index in [2.05, 4.69) is 127 Å². The van der Waals surface area contributed by atoms with Crippen molar-refractivity contribution in [2.75, 3.05) is 0 Å². The highest BCUT2D eigenvalue weighted by atomic mass is 16.3. The Kier molecular flexibility index (Phi) is 4.64. The van der Waals surface area contributed by atoms with Crippen LogP contribution in [0.25, 0.3) is 87.9 Å². The first-order valence-corrected chi connectivity index (χ1v) is 14.0. The lowest BCUT2D eigenvalue weighted by Crippen LogP contribution is -1.89. The standard InChI is InChI=1S/C39H23NO/c1-2-6-24(7-3-1)29-16-21-36-35(23-29)40-39(41-36)34-20-15-27-13-18-32-31(17-12-26-14-19-33(34)38(27)37(26)32)30-11-10-25-8-4-5-9-28(25)22-30/h1-23H. The average molecular weight is 522 g/mol. The van der Waals surface area contributed by atoms with E-state index in [1.165, 1.54) is 54.4 Å². The lowest BCUT2D eigenvalue weighted by molar-refractivity contribution is 0.620. The van der Waals surface area contributed by atoms with E-state index in [0.717, 1.165) is 27.6 Å². The van der Waals surface area contributed by atoms with Crippen LogP contribution in [0.3, 0.4) is 0 Å². The molecule has 0 amide bonds. The maximum absolute atomic E-state index is 6.36. The van der Waals surface area contributed by atoms with Crippen LogP contribution >= 0.6 is 0 Å². The van der Waals surface area contributed by atoms with Gasteiger partial charge in [0, 0.05) is 5.56 Å². The molecule has 1 heterocycles. The van der Waals surface area contributed by atoms with Gasteiger partial charge in [-0.15, -0.1) is 0 Å². The Hall–Kier alpha value is -5.47. The fourth-order valence-corrected chi connectivity index (χ4v) is 6.45. The van der Waals surface area contributed by atoms with Gasteiger partial charge in [-0.3, -0.25) is 0 Å². The first-order chi connectivity index (χ1) is 20.3. The summed E-state index contributed by atoms with van der Waals surface area (Å²) in [5.41, 5.74) is 7.46. The quantitative estimate of drug-likeness (QED) is 0.216. The van der Waals surface area contributed by atoms with E-state index < -0.39 is 0 Å². The third kappa shape index (κ3) is 3.41. The SMILES string of the molecule is c1ccc(-c2ccc3oc(-c4ccc5ccc6c(-c7ccc8ccccc8c7)ccc7ccc4c5c76)nc3c2)cc1. The van der Waals surface area contributed by atoms with Gasteiger partial charge in [-0.05, 0) is 89.6 Å². The lowest BCUT2D eigenvalue weighted by atomic mass is 9.88. The minimum Gasteiger partial charge on any atom is -0.436 e. The molecule has 0 aliphatic heterocycles. The van der Waals surface area contributed by atoms with E-state index in [1.807, 2.05) is 12.1 Å². The van der Waals surface area contributed by atoms with Crippen LogP contribution in [0.15, 0.2) is 144 Å². The topological polar surface area (TPSA) is 26.0 Å². The molecule has 9 aromatic rings. The monoisotopic (exact) mass is 521 g/mol. The minimum atomic E-state index is 0.651. The Morgan fingerprint density at radius 3 is 1.85 bits per heavy atom. The Morgan fingerprint density at radius 2 is 1.05 bits per heavy atom. The highest BCUT2D eigenvalue weighted by molar-refractivity contribution is 6.27. The molecule has 0 aliphatic carbocycles. The number of hydrogen-bond acceptors (Lipinski definition) is 2. The summed E-state index contributed by atoms with van der Waals surface area (Å²) in [6.07, 6.45) is 0. The highest BCUT2D eigenvalue weighted by Gasteiger charge is 2.18. The van der Waals surface area contributed by atoms with E-state index in [1.54, 1.807) is 0 Å². The van der Waals surface area contributed by atoms with Crippen LogP contribution in [0.2, 0.25) is 0 Å². The molecule has 2 heteroatoms. The van der Waals surface area contributed by atoms with Crippen LogP contribution in [0.4, 0.5) is 0 Å². The van der Waals surface area contributed by atoms with Gasteiger partial charge in [0.1, 0.15) is 5.52 Å². The van der Waals surface area contributed by atoms with Crippen molar-refractivity contribution in [1.82, 2.24) is 4.98 Å². The van der Waals surface area contributed by atoms with Gasteiger partial charge >= 0.3 is 0 Å². The molecule has 0 N–H and O–H groups in total. The molecule has 41 heavy (non-hydrogen) atoms. The molecule has 0 unspecified atom stereocenters. The summed E-state index contributed by atoms with van der Waals surface area (Å²) in [6.45, 7) is 0. The second kappa shape index (κ2) is 8.51. The van der Waals surface area contributed by atoms with E-state index in [4.69, 9.17) is 9.40 Å². The van der Waals surface area contributed by atoms with Gasteiger partial charge in [0.05, 0.1) is 0 Å². The second-order valence-electron chi connectivity index (χ2n) is 10.8. The van der Waals surface area contributed by atoms with E-state index in [9.17, 15) is 0 Å². The number of benzene rings is 8. The Balaban J connectivity index is 1.25. The third-order valence-corrected chi connectivity index (χ3v) is 8.45. The predicted octanol–water partition coefficient (Wildman–Crippen LogP) is 10.9. The molecule has 0 atom stereocenters. The fraction of sp³-hybridized carbons (Fsp3) is 0. The molecule has 9 rings (SSSR count). The first-order valence-electron chi connectivity index (χ1n) is 14.0. The van der Waals surface area contributed by atoms with Crippen molar-refractivity contribution >= 4 is 54.2 Å². The van der Waals surface area contributed by atoms with Crippen LogP contribution in [0.5, 0.6) is 0 Å². The molecule has 0 saturated heterocycles. The highest BCUT2D eigenvalue weighted by Crippen LogP contribution is 2.43. The average Bonchev–Trinajstić information content (AvgIpc) is 3.47.